The van der Waals surface area contributed by atoms with E-state index in [2.05, 4.69) is 42.5 Å². The van der Waals surface area contributed by atoms with E-state index in [0.717, 1.165) is 0 Å². The molecule has 4 aliphatic heterocycles. The number of carbonyl (C=O) groups is 20. The van der Waals surface area contributed by atoms with Crippen molar-refractivity contribution < 1.29 is 157 Å². The Morgan fingerprint density at radius 1 is 0.212 bits per heavy atom. The van der Waals surface area contributed by atoms with Crippen LogP contribution in [0.25, 0.3) is 0 Å². The lowest BCUT2D eigenvalue weighted by Gasteiger charge is -2.35. The van der Waals surface area contributed by atoms with Crippen LogP contribution >= 0.6 is 0 Å². The number of carboxylic acids is 12. The maximum absolute atomic E-state index is 14.4. The van der Waals surface area contributed by atoms with E-state index in [1.165, 1.54) is 151 Å². The normalized spacial score (nSPS) is 19.0. The zero-order chi connectivity index (χ0) is 102. The molecular weight excluding hydrogens is 1820 g/mol. The van der Waals surface area contributed by atoms with Crippen LogP contribution in [0.15, 0.2) is 49.6 Å². The number of amides is 8. The average Bonchev–Trinajstić information content (AvgIpc) is 0.844. The second kappa shape index (κ2) is 60.7. The SMILES string of the molecule is CC(C(=O)NCC(=O)NCC(CNC(=O)CNC(=O)C(C)N1/C=C\N(CC(=O)O)CCN(CC(=O)O)CCN(CC(=O)O)CC1)(CNC(=O)CNC(=O)C(C)N1/C=C\N(CC(=O)O)CCN(CC(=O)O)CCN(CC(=O)O)CC1)CNC(=O)CNC(=O)C(C)N1CCN(CC(=O)O)/C=C\N(CC(=O)O)CCN(CC(=O)O)CC1)N1/C=C\N(CC(=O)O)CCN(CC(=O)O)CCN(CC(=O)O)CC1. The van der Waals surface area contributed by atoms with E-state index < -0.39 is 279 Å². The van der Waals surface area contributed by atoms with Crippen molar-refractivity contribution in [1.29, 1.82) is 0 Å². The van der Waals surface area contributed by atoms with E-state index in [9.17, 15) is 157 Å². The van der Waals surface area contributed by atoms with Crippen molar-refractivity contribution in [3.05, 3.63) is 49.6 Å². The molecule has 4 heterocycles. The fraction of sp³-hybridized carbons (Fsp3) is 0.654. The maximum atomic E-state index is 14.4. The lowest BCUT2D eigenvalue weighted by molar-refractivity contribution is -0.140. The molecular formula is C81H132N24O32. The summed E-state index contributed by atoms with van der Waals surface area (Å²) in [5.41, 5.74) is -1.92. The van der Waals surface area contributed by atoms with Gasteiger partial charge in [-0.2, -0.15) is 0 Å². The van der Waals surface area contributed by atoms with E-state index in [4.69, 9.17) is 0 Å². The van der Waals surface area contributed by atoms with Crippen LogP contribution in [0.5, 0.6) is 0 Å². The number of nitrogens with zero attached hydrogens (tertiary/aromatic N) is 16. The summed E-state index contributed by atoms with van der Waals surface area (Å²) < 4.78 is 0. The molecule has 4 rings (SSSR count). The van der Waals surface area contributed by atoms with E-state index in [0.29, 0.717) is 0 Å². The zero-order valence-corrected chi connectivity index (χ0v) is 77.2. The van der Waals surface area contributed by atoms with E-state index in [1.54, 1.807) is 4.90 Å². The highest BCUT2D eigenvalue weighted by atomic mass is 16.4. The third-order valence-electron chi connectivity index (χ3n) is 22.4. The third kappa shape index (κ3) is 49.0. The molecule has 137 heavy (non-hydrogen) atoms. The summed E-state index contributed by atoms with van der Waals surface area (Å²) >= 11 is 0. The van der Waals surface area contributed by atoms with Gasteiger partial charge in [-0.05, 0) is 27.7 Å². The molecule has 4 atom stereocenters. The van der Waals surface area contributed by atoms with Gasteiger partial charge in [-0.15, -0.1) is 0 Å². The number of rotatable bonds is 48. The van der Waals surface area contributed by atoms with Gasteiger partial charge in [0.25, 0.3) is 0 Å². The summed E-state index contributed by atoms with van der Waals surface area (Å²) in [5.74, 6) is -22.2. The maximum Gasteiger partial charge on any atom is 0.323 e. The van der Waals surface area contributed by atoms with Crippen molar-refractivity contribution in [3.8, 4) is 0 Å². The number of hydrogen-bond acceptors (Lipinski definition) is 36. The standard InChI is InChI=1S/C81H132N24O32/c1-57(102-29-21-94(45-69(118)119)13-5-90(41-65(110)111)6-14-95(22-30-102)46-70(120)121)77(134)82-37-61(106)86-53-81(54-87-62(107)38-83-78(135)58(2)103-31-23-96(47-71(122)123)15-7-91(42-66(112)113)8-16-97(24-32-103)48-72(124)125,55-88-63(108)39-84-79(136)59(3)104-33-25-98(49-73(126)127)17-9-92(43-67(114)115)10-18-99(26-34-104)50-74(128)129)56-89-64(109)40-85-80(137)60(4)105-35-27-100(51-75(130)131)19-11-93(44-68(116)117)12-20-101(28-36-105)52-76(132)133/h5,13,23,25,27,31,33,35,57-60H,6-12,14-22,24,26,28-30,32,34,36-56H2,1-4H3,(H,82,134)(H,83,135)(H,84,136)(H,85,137)(H,86,106)(H,87,107)(H,88,108)(H,89,109)(H,110,111)(H,112,113)(H,114,115)(H,116,117)(H,118,119)(H,120,121)(H,122,123)(H,124,125)(H,126,127)(H,128,129)(H,130,131)(H,132,133)/b13-5-,31-23-,33-25-,35-27-. The molecule has 0 aliphatic carbocycles. The summed E-state index contributed by atoms with van der Waals surface area (Å²) in [6, 6.07) is -4.86. The highest BCUT2D eigenvalue weighted by Crippen LogP contribution is 2.17. The first-order chi connectivity index (χ1) is 64.6. The van der Waals surface area contributed by atoms with Crippen LogP contribution in [0.3, 0.4) is 0 Å². The molecule has 0 radical (unpaired) electrons. The number of carboxylic acid groups (broad SMARTS) is 12. The van der Waals surface area contributed by atoms with Crippen molar-refractivity contribution >= 4 is 119 Å². The molecule has 0 aromatic rings. The van der Waals surface area contributed by atoms with Crippen molar-refractivity contribution in [3.63, 3.8) is 0 Å². The summed E-state index contributed by atoms with van der Waals surface area (Å²) in [6.07, 6.45) is 10.8. The first-order valence-electron chi connectivity index (χ1n) is 43.9. The molecule has 20 N–H and O–H groups in total. The summed E-state index contributed by atoms with van der Waals surface area (Å²) in [6.45, 7) is -7.64. The van der Waals surface area contributed by atoms with Crippen molar-refractivity contribution in [2.45, 2.75) is 51.9 Å². The zero-order valence-electron chi connectivity index (χ0n) is 77.2. The highest BCUT2D eigenvalue weighted by molar-refractivity contribution is 5.90. The lowest BCUT2D eigenvalue weighted by atomic mass is 9.86. The summed E-state index contributed by atoms with van der Waals surface area (Å²) in [5, 5.41) is 138. The fourth-order valence-corrected chi connectivity index (χ4v) is 14.4. The number of carbonyl (C=O) groups excluding carboxylic acids is 8. The summed E-state index contributed by atoms with van der Waals surface area (Å²) in [7, 11) is 0. The van der Waals surface area contributed by atoms with Gasteiger partial charge in [-0.25, -0.2) is 0 Å². The Kier molecular flexibility index (Phi) is 51.3. The van der Waals surface area contributed by atoms with Crippen LogP contribution in [0.4, 0.5) is 0 Å². The molecule has 4 unspecified atom stereocenters. The van der Waals surface area contributed by atoms with Crippen LogP contribution in [-0.4, -0.2) is 571 Å². The Morgan fingerprint density at radius 2 is 0.372 bits per heavy atom. The number of nitrogens with one attached hydrogen (secondary N) is 8. The highest BCUT2D eigenvalue weighted by Gasteiger charge is 2.36. The van der Waals surface area contributed by atoms with Crippen molar-refractivity contribution in [1.82, 2.24) is 121 Å². The molecule has 56 nitrogen and oxygen atoms in total. The predicted molar refractivity (Wildman–Crippen MR) is 477 cm³/mol. The van der Waals surface area contributed by atoms with E-state index in [-0.39, 0.29) is 157 Å². The van der Waals surface area contributed by atoms with Gasteiger partial charge in [-0.3, -0.25) is 135 Å². The van der Waals surface area contributed by atoms with Crippen LogP contribution in [0.1, 0.15) is 27.7 Å². The Bertz CT molecular complexity index is 3920. The van der Waals surface area contributed by atoms with Gasteiger partial charge in [0.2, 0.25) is 47.3 Å². The summed E-state index contributed by atoms with van der Waals surface area (Å²) in [4.78, 5) is 282. The lowest BCUT2D eigenvalue weighted by Crippen LogP contribution is -2.59. The van der Waals surface area contributed by atoms with E-state index in [1.807, 2.05) is 0 Å². The molecule has 0 saturated heterocycles. The molecule has 0 saturated carbocycles. The minimum Gasteiger partial charge on any atom is -0.480 e. The second-order valence-electron chi connectivity index (χ2n) is 33.1. The number of aliphatic carboxylic acids is 12. The van der Waals surface area contributed by atoms with Gasteiger partial charge in [0.1, 0.15) is 50.8 Å². The van der Waals surface area contributed by atoms with Gasteiger partial charge in [0.15, 0.2) is 0 Å². The molecule has 0 aromatic carbocycles. The van der Waals surface area contributed by atoms with E-state index >= 15 is 0 Å². The van der Waals surface area contributed by atoms with Crippen molar-refractivity contribution in [2.24, 2.45) is 5.41 Å². The quantitative estimate of drug-likeness (QED) is 0.0269. The van der Waals surface area contributed by atoms with Gasteiger partial charge in [0, 0.05) is 238 Å². The molecule has 4 aliphatic rings. The molecule has 0 fully saturated rings. The Labute approximate surface area is 788 Å². The van der Waals surface area contributed by atoms with Gasteiger partial charge in [-0.1, -0.05) is 0 Å². The largest absolute Gasteiger partial charge is 0.480 e. The third-order valence-corrected chi connectivity index (χ3v) is 22.4. The van der Waals surface area contributed by atoms with Gasteiger partial charge in [0.05, 0.1) is 78.0 Å². The monoisotopic (exact) mass is 1950 g/mol. The van der Waals surface area contributed by atoms with Crippen LogP contribution < -0.4 is 42.5 Å². The fourth-order valence-electron chi connectivity index (χ4n) is 14.4. The molecule has 0 spiro atoms. The first kappa shape index (κ1) is 116. The van der Waals surface area contributed by atoms with Crippen LogP contribution in [0, 0.1) is 5.41 Å². The van der Waals surface area contributed by atoms with Gasteiger partial charge >= 0.3 is 71.6 Å². The smallest absolute Gasteiger partial charge is 0.323 e. The Balaban J connectivity index is 1.84. The molecule has 0 bridgehead atoms. The molecule has 8 amide bonds. The Morgan fingerprint density at radius 3 is 0.577 bits per heavy atom. The minimum absolute atomic E-state index is 0.00943. The first-order valence-corrected chi connectivity index (χ1v) is 43.9. The molecule has 0 aromatic heterocycles. The van der Waals surface area contributed by atoms with Crippen LogP contribution in [-0.2, 0) is 95.9 Å². The topological polar surface area (TPSA) is 732 Å². The molecule has 768 valence electrons. The van der Waals surface area contributed by atoms with Crippen LogP contribution in [0.2, 0.25) is 0 Å². The minimum atomic E-state index is -1.92. The second-order valence-corrected chi connectivity index (χ2v) is 33.1. The van der Waals surface area contributed by atoms with Gasteiger partial charge < -0.3 is 143 Å². The predicted octanol–water partition coefficient (Wildman–Crippen LogP) is -11.8. The average molecular weight is 1950 g/mol. The number of hydrogen-bond donors (Lipinski definition) is 20. The van der Waals surface area contributed by atoms with Crippen molar-refractivity contribution in [2.75, 3.05) is 288 Å². The Hall–Kier alpha value is -13.6. The molecule has 56 heteroatoms.